The molecule has 0 atom stereocenters. The van der Waals surface area contributed by atoms with E-state index in [1.807, 2.05) is 0 Å². The second kappa shape index (κ2) is 2.53. The lowest BCUT2D eigenvalue weighted by atomic mass is 9.87. The molecule has 0 heterocycles. The van der Waals surface area contributed by atoms with Crippen LogP contribution in [-0.4, -0.2) is 22.2 Å². The molecule has 1 fully saturated rings. The fraction of sp³-hybridized carbons (Fsp3) is 0.571. The Bertz CT molecular complexity index is 175. The Morgan fingerprint density at radius 2 is 1.82 bits per heavy atom. The third-order valence-electron chi connectivity index (χ3n) is 2.03. The number of aliphatic carboxylic acids is 2. The van der Waals surface area contributed by atoms with Crippen molar-refractivity contribution in [3.05, 3.63) is 6.42 Å². The monoisotopic (exact) mass is 157 g/mol. The molecule has 1 saturated carbocycles. The van der Waals surface area contributed by atoms with Gasteiger partial charge in [0.05, 0.1) is 0 Å². The minimum absolute atomic E-state index is 0.220. The van der Waals surface area contributed by atoms with Gasteiger partial charge in [0.2, 0.25) is 0 Å². The second-order valence-corrected chi connectivity index (χ2v) is 2.68. The molecule has 1 aliphatic carbocycles. The molecule has 1 aliphatic rings. The highest BCUT2D eigenvalue weighted by Gasteiger charge is 2.48. The molecule has 11 heavy (non-hydrogen) atoms. The molecule has 0 aromatic carbocycles. The number of carboxylic acid groups (broad SMARTS) is 2. The van der Waals surface area contributed by atoms with Crippen LogP contribution in [-0.2, 0) is 9.59 Å². The third-order valence-corrected chi connectivity index (χ3v) is 2.03. The van der Waals surface area contributed by atoms with Gasteiger partial charge in [-0.05, 0) is 19.3 Å². The van der Waals surface area contributed by atoms with Gasteiger partial charge in [0.25, 0.3) is 0 Å². The lowest BCUT2D eigenvalue weighted by Gasteiger charge is -2.16. The largest absolute Gasteiger partial charge is 0.480 e. The minimum Gasteiger partial charge on any atom is -0.480 e. The summed E-state index contributed by atoms with van der Waals surface area (Å²) in [5.41, 5.74) is -1.60. The van der Waals surface area contributed by atoms with E-state index in [-0.39, 0.29) is 6.42 Å². The maximum absolute atomic E-state index is 10.6. The summed E-state index contributed by atoms with van der Waals surface area (Å²) in [7, 11) is 0. The molecule has 1 rings (SSSR count). The van der Waals surface area contributed by atoms with Crippen LogP contribution in [0, 0.1) is 11.8 Å². The highest BCUT2D eigenvalue weighted by Crippen LogP contribution is 2.37. The fourth-order valence-corrected chi connectivity index (χ4v) is 1.31. The van der Waals surface area contributed by atoms with Gasteiger partial charge in [-0.2, -0.15) is 0 Å². The van der Waals surface area contributed by atoms with Crippen LogP contribution < -0.4 is 0 Å². The molecule has 0 aliphatic heterocycles. The Morgan fingerprint density at radius 1 is 1.27 bits per heavy atom. The van der Waals surface area contributed by atoms with Gasteiger partial charge in [-0.1, -0.05) is 6.42 Å². The van der Waals surface area contributed by atoms with Gasteiger partial charge >= 0.3 is 11.9 Å². The summed E-state index contributed by atoms with van der Waals surface area (Å²) in [6.45, 7) is 0. The quantitative estimate of drug-likeness (QED) is 0.573. The van der Waals surface area contributed by atoms with E-state index >= 15 is 0 Å². The molecule has 2 N–H and O–H groups in total. The lowest BCUT2D eigenvalue weighted by Crippen LogP contribution is -2.36. The first-order valence-electron chi connectivity index (χ1n) is 3.41. The Hall–Kier alpha value is -1.06. The predicted molar refractivity (Wildman–Crippen MR) is 35.9 cm³/mol. The van der Waals surface area contributed by atoms with Crippen molar-refractivity contribution in [1.82, 2.24) is 0 Å². The maximum atomic E-state index is 10.6. The van der Waals surface area contributed by atoms with Crippen LogP contribution in [0.2, 0.25) is 0 Å². The van der Waals surface area contributed by atoms with E-state index in [0.29, 0.717) is 12.8 Å². The van der Waals surface area contributed by atoms with E-state index in [1.165, 1.54) is 6.42 Å². The van der Waals surface area contributed by atoms with Crippen molar-refractivity contribution in [1.29, 1.82) is 0 Å². The molecule has 1 radical (unpaired) electrons. The SMILES string of the molecule is O=C(O)C1(C(=O)O)[CH]CCC1. The van der Waals surface area contributed by atoms with E-state index in [1.54, 1.807) is 0 Å². The van der Waals surface area contributed by atoms with Gasteiger partial charge in [-0.3, -0.25) is 9.59 Å². The molecule has 61 valence electrons. The van der Waals surface area contributed by atoms with Gasteiger partial charge in [0, 0.05) is 0 Å². The van der Waals surface area contributed by atoms with Crippen LogP contribution in [0.5, 0.6) is 0 Å². The fourth-order valence-electron chi connectivity index (χ4n) is 1.31. The molecule has 0 saturated heterocycles. The van der Waals surface area contributed by atoms with Crippen molar-refractivity contribution in [2.45, 2.75) is 19.3 Å². The normalized spacial score (nSPS) is 21.5. The topological polar surface area (TPSA) is 74.6 Å². The highest BCUT2D eigenvalue weighted by atomic mass is 16.4. The van der Waals surface area contributed by atoms with E-state index in [0.717, 1.165) is 0 Å². The van der Waals surface area contributed by atoms with Gasteiger partial charge in [-0.15, -0.1) is 0 Å². The zero-order chi connectivity index (χ0) is 8.48. The first kappa shape index (κ1) is 8.04. The Balaban J connectivity index is 2.87. The van der Waals surface area contributed by atoms with Crippen LogP contribution in [0.1, 0.15) is 19.3 Å². The highest BCUT2D eigenvalue weighted by molar-refractivity contribution is 6.00. The van der Waals surface area contributed by atoms with Crippen molar-refractivity contribution in [2.75, 3.05) is 0 Å². The van der Waals surface area contributed by atoms with Crippen LogP contribution in [0.3, 0.4) is 0 Å². The van der Waals surface area contributed by atoms with Crippen molar-refractivity contribution in [3.63, 3.8) is 0 Å². The zero-order valence-corrected chi connectivity index (χ0v) is 5.91. The maximum Gasteiger partial charge on any atom is 0.321 e. The zero-order valence-electron chi connectivity index (χ0n) is 5.91. The third kappa shape index (κ3) is 1.08. The molecule has 0 spiro atoms. The van der Waals surface area contributed by atoms with Crippen molar-refractivity contribution in [3.8, 4) is 0 Å². The second-order valence-electron chi connectivity index (χ2n) is 2.68. The Kier molecular flexibility index (Phi) is 1.85. The molecular formula is C7H9O4. The molecule has 0 aromatic rings. The Morgan fingerprint density at radius 3 is 2.00 bits per heavy atom. The van der Waals surface area contributed by atoms with Crippen molar-refractivity contribution >= 4 is 11.9 Å². The molecule has 0 unspecified atom stereocenters. The van der Waals surface area contributed by atoms with E-state index in [2.05, 4.69) is 0 Å². The van der Waals surface area contributed by atoms with Crippen LogP contribution >= 0.6 is 0 Å². The first-order chi connectivity index (χ1) is 5.09. The first-order valence-corrected chi connectivity index (χ1v) is 3.41. The summed E-state index contributed by atoms with van der Waals surface area (Å²) in [5.74, 6) is -2.50. The van der Waals surface area contributed by atoms with Crippen LogP contribution in [0.4, 0.5) is 0 Å². The van der Waals surface area contributed by atoms with Crippen molar-refractivity contribution < 1.29 is 19.8 Å². The summed E-state index contributed by atoms with van der Waals surface area (Å²) in [4.78, 5) is 21.1. The lowest BCUT2D eigenvalue weighted by molar-refractivity contribution is -0.161. The summed E-state index contributed by atoms with van der Waals surface area (Å²) in [5, 5.41) is 17.2. The number of carboxylic acids is 2. The van der Waals surface area contributed by atoms with E-state index < -0.39 is 17.4 Å². The average molecular weight is 157 g/mol. The molecule has 4 heteroatoms. The molecule has 4 nitrogen and oxygen atoms in total. The number of hydrogen-bond donors (Lipinski definition) is 2. The number of hydrogen-bond acceptors (Lipinski definition) is 2. The van der Waals surface area contributed by atoms with Crippen LogP contribution in [0.25, 0.3) is 0 Å². The summed E-state index contributed by atoms with van der Waals surface area (Å²) in [6.07, 6.45) is 2.83. The van der Waals surface area contributed by atoms with E-state index in [9.17, 15) is 9.59 Å². The molecular weight excluding hydrogens is 148 g/mol. The standard InChI is InChI=1S/C7H9O4/c8-5(9)7(6(10)11)3-1-2-4-7/h3H,1-2,4H2,(H,8,9)(H,10,11). The van der Waals surface area contributed by atoms with Gasteiger partial charge in [0.1, 0.15) is 0 Å². The van der Waals surface area contributed by atoms with Crippen LogP contribution in [0.15, 0.2) is 0 Å². The van der Waals surface area contributed by atoms with Crippen molar-refractivity contribution in [2.24, 2.45) is 5.41 Å². The predicted octanol–water partition coefficient (Wildman–Crippen LogP) is 0.530. The van der Waals surface area contributed by atoms with E-state index in [4.69, 9.17) is 10.2 Å². The summed E-state index contributed by atoms with van der Waals surface area (Å²) >= 11 is 0. The number of carbonyl (C=O) groups is 2. The molecule has 0 aromatic heterocycles. The molecule has 0 amide bonds. The number of rotatable bonds is 2. The molecule has 0 bridgehead atoms. The summed E-state index contributed by atoms with van der Waals surface area (Å²) < 4.78 is 0. The van der Waals surface area contributed by atoms with Gasteiger partial charge in [-0.25, -0.2) is 0 Å². The average Bonchev–Trinajstić information content (AvgIpc) is 2.34. The minimum atomic E-state index is -1.60. The summed E-state index contributed by atoms with van der Waals surface area (Å²) in [6, 6.07) is 0. The van der Waals surface area contributed by atoms with Gasteiger partial charge < -0.3 is 10.2 Å². The van der Waals surface area contributed by atoms with Gasteiger partial charge in [0.15, 0.2) is 5.41 Å². The Labute approximate surface area is 63.8 Å². The smallest absolute Gasteiger partial charge is 0.321 e.